The average molecular weight is 461 g/mol. The highest BCUT2D eigenvalue weighted by molar-refractivity contribution is 7.17. The van der Waals surface area contributed by atoms with Gasteiger partial charge in [-0.3, -0.25) is 14.6 Å². The number of nitrogens with zero attached hydrogens (tertiary/aromatic N) is 4. The smallest absolute Gasteiger partial charge is 0.263 e. The van der Waals surface area contributed by atoms with E-state index >= 15 is 0 Å². The number of para-hydroxylation sites is 1. The predicted molar refractivity (Wildman–Crippen MR) is 131 cm³/mol. The Labute approximate surface area is 195 Å². The Morgan fingerprint density at radius 1 is 1.06 bits per heavy atom. The maximum absolute atomic E-state index is 12.2. The molecule has 0 bridgehead atoms. The molecule has 0 spiro atoms. The summed E-state index contributed by atoms with van der Waals surface area (Å²) in [6.07, 6.45) is 3.89. The van der Waals surface area contributed by atoms with Crippen LogP contribution in [0.15, 0.2) is 55.0 Å². The van der Waals surface area contributed by atoms with Crippen LogP contribution in [-0.4, -0.2) is 59.4 Å². The minimum atomic E-state index is -0.129. The van der Waals surface area contributed by atoms with Gasteiger partial charge in [0.15, 0.2) is 0 Å². The molecule has 4 aromatic rings. The molecular weight excluding hydrogens is 436 g/mol. The van der Waals surface area contributed by atoms with Crippen molar-refractivity contribution in [2.24, 2.45) is 0 Å². The van der Waals surface area contributed by atoms with Gasteiger partial charge in [-0.1, -0.05) is 18.2 Å². The van der Waals surface area contributed by atoms with Crippen molar-refractivity contribution in [1.29, 1.82) is 0 Å². The fourth-order valence-corrected chi connectivity index (χ4v) is 4.49. The molecule has 9 heteroatoms. The Hall–Kier alpha value is -3.85. The van der Waals surface area contributed by atoms with Crippen molar-refractivity contribution in [2.45, 2.75) is 6.42 Å². The van der Waals surface area contributed by atoms with E-state index in [1.807, 2.05) is 36.4 Å². The summed E-state index contributed by atoms with van der Waals surface area (Å²) >= 11 is 1.41. The molecule has 0 saturated carbocycles. The van der Waals surface area contributed by atoms with Gasteiger partial charge in [0.1, 0.15) is 12.1 Å². The number of anilines is 1. The molecule has 3 aromatic heterocycles. The summed E-state index contributed by atoms with van der Waals surface area (Å²) in [6.45, 7) is 0.635. The second kappa shape index (κ2) is 9.74. The first-order valence-corrected chi connectivity index (χ1v) is 11.3. The van der Waals surface area contributed by atoms with Crippen molar-refractivity contribution in [3.05, 3.63) is 71.0 Å². The van der Waals surface area contributed by atoms with E-state index in [1.165, 1.54) is 17.7 Å². The number of hydrogen-bond acceptors (Lipinski definition) is 7. The summed E-state index contributed by atoms with van der Waals surface area (Å²) in [6, 6.07) is 13.2. The molecule has 0 aliphatic heterocycles. The van der Waals surface area contributed by atoms with E-state index < -0.39 is 0 Å². The molecule has 0 aliphatic carbocycles. The van der Waals surface area contributed by atoms with Crippen molar-refractivity contribution in [3.63, 3.8) is 0 Å². The van der Waals surface area contributed by atoms with Gasteiger partial charge in [-0.25, -0.2) is 9.97 Å². The zero-order valence-corrected chi connectivity index (χ0v) is 19.4. The van der Waals surface area contributed by atoms with Crippen LogP contribution < -0.4 is 10.6 Å². The molecule has 0 aliphatic rings. The SMILES string of the molecule is CNC(=O)c1ccnc2c(CCNc3cc(-c4ccc(C(=O)N(C)C)s4)ncn3)cccc12. The predicted octanol–water partition coefficient (Wildman–Crippen LogP) is 3.47. The van der Waals surface area contributed by atoms with Gasteiger partial charge < -0.3 is 15.5 Å². The second-order valence-electron chi connectivity index (χ2n) is 7.58. The number of carbonyl (C=O) groups is 2. The summed E-state index contributed by atoms with van der Waals surface area (Å²) in [5, 5.41) is 6.84. The van der Waals surface area contributed by atoms with Gasteiger partial charge >= 0.3 is 0 Å². The highest BCUT2D eigenvalue weighted by atomic mass is 32.1. The third kappa shape index (κ3) is 4.83. The third-order valence-corrected chi connectivity index (χ3v) is 6.26. The first-order valence-electron chi connectivity index (χ1n) is 10.4. The number of rotatable bonds is 7. The normalized spacial score (nSPS) is 10.8. The molecular formula is C24H24N6O2S. The lowest BCUT2D eigenvalue weighted by Crippen LogP contribution is -2.20. The average Bonchev–Trinajstić information content (AvgIpc) is 3.33. The minimum absolute atomic E-state index is 0.0260. The van der Waals surface area contributed by atoms with Crippen LogP contribution in [-0.2, 0) is 6.42 Å². The van der Waals surface area contributed by atoms with E-state index in [-0.39, 0.29) is 11.8 Å². The summed E-state index contributed by atoms with van der Waals surface area (Å²) in [5.74, 6) is 0.547. The molecule has 0 atom stereocenters. The Morgan fingerprint density at radius 3 is 2.70 bits per heavy atom. The van der Waals surface area contributed by atoms with Crippen LogP contribution in [0, 0.1) is 0 Å². The minimum Gasteiger partial charge on any atom is -0.370 e. The first kappa shape index (κ1) is 22.3. The molecule has 0 fully saturated rings. The van der Waals surface area contributed by atoms with E-state index in [0.717, 1.165) is 27.0 Å². The van der Waals surface area contributed by atoms with Crippen molar-refractivity contribution in [2.75, 3.05) is 33.0 Å². The Kier molecular flexibility index (Phi) is 6.60. The van der Waals surface area contributed by atoms with E-state index in [1.54, 1.807) is 38.3 Å². The molecule has 33 heavy (non-hydrogen) atoms. The Morgan fingerprint density at radius 2 is 1.91 bits per heavy atom. The quantitative estimate of drug-likeness (QED) is 0.438. The van der Waals surface area contributed by atoms with Crippen LogP contribution in [0.3, 0.4) is 0 Å². The summed E-state index contributed by atoms with van der Waals surface area (Å²) < 4.78 is 0. The van der Waals surface area contributed by atoms with Crippen LogP contribution in [0.1, 0.15) is 25.6 Å². The van der Waals surface area contributed by atoms with Crippen LogP contribution in [0.25, 0.3) is 21.5 Å². The summed E-state index contributed by atoms with van der Waals surface area (Å²) in [4.78, 5) is 40.6. The summed E-state index contributed by atoms with van der Waals surface area (Å²) in [5.41, 5.74) is 3.24. The van der Waals surface area contributed by atoms with Gasteiger partial charge in [0, 0.05) is 45.3 Å². The van der Waals surface area contributed by atoms with E-state index in [0.29, 0.717) is 29.2 Å². The van der Waals surface area contributed by atoms with Crippen LogP contribution in [0.2, 0.25) is 0 Å². The van der Waals surface area contributed by atoms with Crippen LogP contribution in [0.5, 0.6) is 0 Å². The summed E-state index contributed by atoms with van der Waals surface area (Å²) in [7, 11) is 5.09. The van der Waals surface area contributed by atoms with E-state index in [4.69, 9.17) is 0 Å². The molecule has 168 valence electrons. The highest BCUT2D eigenvalue weighted by Gasteiger charge is 2.14. The van der Waals surface area contributed by atoms with E-state index in [2.05, 4.69) is 25.6 Å². The number of carbonyl (C=O) groups excluding carboxylic acids is 2. The number of thiophene rings is 1. The first-order chi connectivity index (χ1) is 16.0. The Bertz CT molecular complexity index is 1320. The molecule has 2 N–H and O–H groups in total. The van der Waals surface area contributed by atoms with Gasteiger partial charge in [-0.05, 0) is 30.2 Å². The lowest BCUT2D eigenvalue weighted by atomic mass is 10.0. The molecule has 4 rings (SSSR count). The zero-order chi connectivity index (χ0) is 23.4. The van der Waals surface area contributed by atoms with Crippen molar-refractivity contribution >= 4 is 39.9 Å². The van der Waals surface area contributed by atoms with Gasteiger partial charge in [0.2, 0.25) is 0 Å². The second-order valence-corrected chi connectivity index (χ2v) is 8.66. The van der Waals surface area contributed by atoms with Crippen LogP contribution in [0.4, 0.5) is 5.82 Å². The molecule has 0 radical (unpaired) electrons. The van der Waals surface area contributed by atoms with Crippen LogP contribution >= 0.6 is 11.3 Å². The van der Waals surface area contributed by atoms with E-state index in [9.17, 15) is 9.59 Å². The maximum atomic E-state index is 12.2. The lowest BCUT2D eigenvalue weighted by Gasteiger charge is -2.10. The number of fused-ring (bicyclic) bond motifs is 1. The van der Waals surface area contributed by atoms with Gasteiger partial charge in [0.05, 0.1) is 26.5 Å². The number of nitrogens with one attached hydrogen (secondary N) is 2. The zero-order valence-electron chi connectivity index (χ0n) is 18.6. The maximum Gasteiger partial charge on any atom is 0.263 e. The van der Waals surface area contributed by atoms with Gasteiger partial charge in [0.25, 0.3) is 11.8 Å². The van der Waals surface area contributed by atoms with Crippen molar-refractivity contribution < 1.29 is 9.59 Å². The van der Waals surface area contributed by atoms with Crippen molar-refractivity contribution in [3.8, 4) is 10.6 Å². The number of pyridine rings is 1. The topological polar surface area (TPSA) is 100 Å². The number of aromatic nitrogens is 3. The van der Waals surface area contributed by atoms with Crippen molar-refractivity contribution in [1.82, 2.24) is 25.2 Å². The fraction of sp³-hybridized carbons (Fsp3) is 0.208. The molecule has 2 amide bonds. The number of benzene rings is 1. The number of amides is 2. The Balaban J connectivity index is 1.48. The van der Waals surface area contributed by atoms with Gasteiger partial charge in [-0.15, -0.1) is 11.3 Å². The molecule has 0 saturated heterocycles. The standard InChI is InChI=1S/C24H24N6O2S/c1-25-23(31)17-10-12-27-22-15(5-4-6-16(17)22)9-11-26-21-13-18(28-14-29-21)19-7-8-20(33-19)24(32)30(2)3/h4-8,10,12-14H,9,11H2,1-3H3,(H,25,31)(H,26,28,29). The largest absolute Gasteiger partial charge is 0.370 e. The fourth-order valence-electron chi connectivity index (χ4n) is 3.50. The molecule has 3 heterocycles. The molecule has 1 aromatic carbocycles. The highest BCUT2D eigenvalue weighted by Crippen LogP contribution is 2.28. The van der Waals surface area contributed by atoms with Gasteiger partial charge in [-0.2, -0.15) is 0 Å². The lowest BCUT2D eigenvalue weighted by molar-refractivity contribution is 0.0832. The molecule has 0 unspecified atom stereocenters. The molecule has 8 nitrogen and oxygen atoms in total. The number of hydrogen-bond donors (Lipinski definition) is 2. The monoisotopic (exact) mass is 460 g/mol. The third-order valence-electron chi connectivity index (χ3n) is 5.17.